The zero-order chi connectivity index (χ0) is 19.3. The van der Waals surface area contributed by atoms with E-state index in [1.807, 2.05) is 0 Å². The van der Waals surface area contributed by atoms with Crippen molar-refractivity contribution < 1.29 is 27.1 Å². The number of carbonyl (C=O) groups excluding carboxylic acids is 2. The molecule has 0 radical (unpaired) electrons. The zero-order valence-corrected chi connectivity index (χ0v) is 15.3. The van der Waals surface area contributed by atoms with Crippen LogP contribution in [0, 0.1) is 5.82 Å². The van der Waals surface area contributed by atoms with Crippen molar-refractivity contribution in [1.82, 2.24) is 4.31 Å². The highest BCUT2D eigenvalue weighted by Crippen LogP contribution is 2.16. The van der Waals surface area contributed by atoms with Crippen molar-refractivity contribution in [3.8, 4) is 0 Å². The summed E-state index contributed by atoms with van der Waals surface area (Å²) in [5.74, 6) is -1.99. The average molecular weight is 400 g/mol. The van der Waals surface area contributed by atoms with Crippen LogP contribution >= 0.6 is 11.6 Å². The van der Waals surface area contributed by atoms with Crippen LogP contribution in [0.2, 0.25) is 5.02 Å². The van der Waals surface area contributed by atoms with Crippen LogP contribution in [0.5, 0.6) is 0 Å². The Balaban J connectivity index is 1.95. The summed E-state index contributed by atoms with van der Waals surface area (Å²) < 4.78 is 43.1. The first-order valence-electron chi connectivity index (χ1n) is 7.37. The minimum atomic E-state index is -3.99. The van der Waals surface area contributed by atoms with Gasteiger partial charge in [-0.3, -0.25) is 9.59 Å². The summed E-state index contributed by atoms with van der Waals surface area (Å²) >= 11 is 5.88. The fraction of sp³-hybridized carbons (Fsp3) is 0.176. The highest BCUT2D eigenvalue weighted by atomic mass is 35.5. The lowest BCUT2D eigenvalue weighted by molar-refractivity contribution is -0.142. The monoisotopic (exact) mass is 399 g/mol. The van der Waals surface area contributed by atoms with Crippen molar-refractivity contribution in [3.63, 3.8) is 0 Å². The quantitative estimate of drug-likeness (QED) is 0.528. The number of hydrogen-bond acceptors (Lipinski definition) is 5. The third kappa shape index (κ3) is 4.87. The van der Waals surface area contributed by atoms with Crippen molar-refractivity contribution in [2.24, 2.45) is 0 Å². The smallest absolute Gasteiger partial charge is 0.321 e. The van der Waals surface area contributed by atoms with Crippen LogP contribution in [-0.4, -0.2) is 44.7 Å². The van der Waals surface area contributed by atoms with E-state index >= 15 is 0 Å². The SMILES string of the molecule is CN(CC(=O)OCC(=O)c1ccccc1Cl)S(=O)(=O)c1ccc(F)cc1. The molecular formula is C17H15ClFNO5S. The highest BCUT2D eigenvalue weighted by molar-refractivity contribution is 7.89. The van der Waals surface area contributed by atoms with Gasteiger partial charge in [-0.05, 0) is 36.4 Å². The number of hydrogen-bond donors (Lipinski definition) is 0. The summed E-state index contributed by atoms with van der Waals surface area (Å²) in [7, 11) is -2.81. The number of esters is 1. The fourth-order valence-corrected chi connectivity index (χ4v) is 3.37. The molecule has 0 unspecified atom stereocenters. The molecule has 2 aromatic carbocycles. The molecule has 0 N–H and O–H groups in total. The number of benzene rings is 2. The van der Waals surface area contributed by atoms with Crippen molar-refractivity contribution in [2.45, 2.75) is 4.90 Å². The lowest BCUT2D eigenvalue weighted by atomic mass is 10.1. The molecular weight excluding hydrogens is 385 g/mol. The Hall–Kier alpha value is -2.29. The first-order chi connectivity index (χ1) is 12.2. The molecule has 0 aliphatic carbocycles. The summed E-state index contributed by atoms with van der Waals surface area (Å²) in [6, 6.07) is 10.5. The number of nitrogens with zero attached hydrogens (tertiary/aromatic N) is 1. The van der Waals surface area contributed by atoms with Crippen LogP contribution in [0.25, 0.3) is 0 Å². The van der Waals surface area contributed by atoms with Crippen LogP contribution in [0.15, 0.2) is 53.4 Å². The van der Waals surface area contributed by atoms with Crippen LogP contribution in [0.1, 0.15) is 10.4 Å². The summed E-state index contributed by atoms with van der Waals surface area (Å²) in [5.41, 5.74) is 0.203. The van der Waals surface area contributed by atoms with Crippen molar-refractivity contribution in [3.05, 3.63) is 64.9 Å². The van der Waals surface area contributed by atoms with Gasteiger partial charge in [-0.1, -0.05) is 23.7 Å². The lowest BCUT2D eigenvalue weighted by Crippen LogP contribution is -2.33. The Morgan fingerprint density at radius 2 is 1.73 bits per heavy atom. The van der Waals surface area contributed by atoms with Gasteiger partial charge in [0.25, 0.3) is 0 Å². The second-order valence-corrected chi connectivity index (χ2v) is 7.73. The number of ketones is 1. The maximum Gasteiger partial charge on any atom is 0.321 e. The van der Waals surface area contributed by atoms with E-state index in [0.29, 0.717) is 0 Å². The predicted octanol–water partition coefficient (Wildman–Crippen LogP) is 2.53. The Bertz CT molecular complexity index is 915. The molecule has 0 aliphatic heterocycles. The first-order valence-corrected chi connectivity index (χ1v) is 9.19. The lowest BCUT2D eigenvalue weighted by Gasteiger charge is -2.16. The molecule has 26 heavy (non-hydrogen) atoms. The normalized spacial score (nSPS) is 11.4. The van der Waals surface area contributed by atoms with Gasteiger partial charge >= 0.3 is 5.97 Å². The molecule has 0 saturated heterocycles. The number of Topliss-reactive ketones (excluding diaryl/α,β-unsaturated/α-hetero) is 1. The zero-order valence-electron chi connectivity index (χ0n) is 13.7. The molecule has 9 heteroatoms. The third-order valence-electron chi connectivity index (χ3n) is 3.41. The molecule has 0 spiro atoms. The van der Waals surface area contributed by atoms with Gasteiger partial charge in [0.05, 0.1) is 9.92 Å². The van der Waals surface area contributed by atoms with Crippen LogP contribution in [0.3, 0.4) is 0 Å². The number of rotatable bonds is 7. The molecule has 2 aromatic rings. The summed E-state index contributed by atoms with van der Waals surface area (Å²) in [6.45, 7) is -1.16. The molecule has 0 amide bonds. The van der Waals surface area contributed by atoms with E-state index in [1.54, 1.807) is 12.1 Å². The number of likely N-dealkylation sites (N-methyl/N-ethyl adjacent to an activating group) is 1. The number of halogens is 2. The van der Waals surface area contributed by atoms with Crippen LogP contribution in [0.4, 0.5) is 4.39 Å². The number of sulfonamides is 1. The topological polar surface area (TPSA) is 80.8 Å². The van der Waals surface area contributed by atoms with Gasteiger partial charge in [0.15, 0.2) is 6.61 Å². The summed E-state index contributed by atoms with van der Waals surface area (Å²) in [5, 5.41) is 0.226. The summed E-state index contributed by atoms with van der Waals surface area (Å²) in [6.07, 6.45) is 0. The van der Waals surface area contributed by atoms with E-state index < -0.39 is 40.7 Å². The molecule has 0 aliphatic rings. The van der Waals surface area contributed by atoms with Gasteiger partial charge < -0.3 is 4.74 Å². The maximum atomic E-state index is 12.9. The fourth-order valence-electron chi connectivity index (χ4n) is 2.01. The Labute approximate surface area is 155 Å². The van der Waals surface area contributed by atoms with Gasteiger partial charge in [0.2, 0.25) is 15.8 Å². The highest BCUT2D eigenvalue weighted by Gasteiger charge is 2.24. The predicted molar refractivity (Wildman–Crippen MR) is 93.0 cm³/mol. The molecule has 0 aromatic heterocycles. The van der Waals surface area contributed by atoms with Gasteiger partial charge in [-0.2, -0.15) is 4.31 Å². The molecule has 0 fully saturated rings. The Morgan fingerprint density at radius 3 is 2.35 bits per heavy atom. The standard InChI is InChI=1S/C17H15ClFNO5S/c1-20(26(23,24)13-8-6-12(19)7-9-13)10-17(22)25-11-16(21)14-4-2-3-5-15(14)18/h2-9H,10-11H2,1H3. The van der Waals surface area contributed by atoms with Gasteiger partial charge in [-0.25, -0.2) is 12.8 Å². The molecule has 138 valence electrons. The van der Waals surface area contributed by atoms with E-state index in [4.69, 9.17) is 16.3 Å². The molecule has 0 bridgehead atoms. The van der Waals surface area contributed by atoms with E-state index in [0.717, 1.165) is 28.6 Å². The van der Waals surface area contributed by atoms with E-state index in [1.165, 1.54) is 19.2 Å². The largest absolute Gasteiger partial charge is 0.456 e. The second kappa shape index (κ2) is 8.39. The first kappa shape index (κ1) is 20.0. The molecule has 0 saturated carbocycles. The van der Waals surface area contributed by atoms with E-state index in [9.17, 15) is 22.4 Å². The van der Waals surface area contributed by atoms with Gasteiger partial charge in [0, 0.05) is 12.6 Å². The Morgan fingerprint density at radius 1 is 1.12 bits per heavy atom. The molecule has 0 atom stereocenters. The summed E-state index contributed by atoms with van der Waals surface area (Å²) in [4.78, 5) is 23.6. The molecule has 6 nitrogen and oxygen atoms in total. The van der Waals surface area contributed by atoms with E-state index in [-0.39, 0.29) is 15.5 Å². The molecule has 0 heterocycles. The number of ether oxygens (including phenoxy) is 1. The Kier molecular flexibility index (Phi) is 6.47. The second-order valence-electron chi connectivity index (χ2n) is 5.28. The maximum absolute atomic E-state index is 12.9. The average Bonchev–Trinajstić information content (AvgIpc) is 2.60. The third-order valence-corrected chi connectivity index (χ3v) is 5.56. The van der Waals surface area contributed by atoms with Crippen molar-refractivity contribution in [1.29, 1.82) is 0 Å². The number of carbonyl (C=O) groups is 2. The van der Waals surface area contributed by atoms with Crippen LogP contribution in [-0.2, 0) is 19.6 Å². The van der Waals surface area contributed by atoms with Crippen LogP contribution < -0.4 is 0 Å². The molecule has 2 rings (SSSR count). The van der Waals surface area contributed by atoms with Gasteiger partial charge in [0.1, 0.15) is 12.4 Å². The van der Waals surface area contributed by atoms with Crippen molar-refractivity contribution in [2.75, 3.05) is 20.2 Å². The van der Waals surface area contributed by atoms with Gasteiger partial charge in [-0.15, -0.1) is 0 Å². The minimum absolute atomic E-state index is 0.165. The van der Waals surface area contributed by atoms with Crippen molar-refractivity contribution >= 4 is 33.4 Å². The minimum Gasteiger partial charge on any atom is -0.456 e. The van der Waals surface area contributed by atoms with E-state index in [2.05, 4.69) is 0 Å².